The SMILES string of the molecule is Cl.N#Cc1cnc2ccccn12. The molecule has 2 aromatic heterocycles. The van der Waals surface area contributed by atoms with Crippen LogP contribution in [-0.2, 0) is 0 Å². The summed E-state index contributed by atoms with van der Waals surface area (Å²) in [5, 5.41) is 8.61. The molecule has 0 spiro atoms. The molecule has 0 aliphatic carbocycles. The van der Waals surface area contributed by atoms with Gasteiger partial charge >= 0.3 is 0 Å². The molecule has 0 fully saturated rings. The van der Waals surface area contributed by atoms with Gasteiger partial charge in [-0.15, -0.1) is 12.4 Å². The van der Waals surface area contributed by atoms with Crippen LogP contribution in [0.1, 0.15) is 5.69 Å². The molecule has 12 heavy (non-hydrogen) atoms. The van der Waals surface area contributed by atoms with Crippen molar-refractivity contribution in [2.45, 2.75) is 0 Å². The van der Waals surface area contributed by atoms with Crippen molar-refractivity contribution < 1.29 is 0 Å². The molecular formula is C8H6ClN3. The first kappa shape index (κ1) is 8.57. The molecule has 0 aromatic carbocycles. The number of hydrogen-bond acceptors (Lipinski definition) is 2. The van der Waals surface area contributed by atoms with Gasteiger partial charge in [0, 0.05) is 6.20 Å². The van der Waals surface area contributed by atoms with Gasteiger partial charge in [0.25, 0.3) is 0 Å². The fourth-order valence-corrected chi connectivity index (χ4v) is 1.02. The molecule has 0 bridgehead atoms. The molecule has 0 atom stereocenters. The van der Waals surface area contributed by atoms with Gasteiger partial charge in [0.05, 0.1) is 6.20 Å². The van der Waals surface area contributed by atoms with E-state index in [1.54, 1.807) is 10.6 Å². The maximum absolute atomic E-state index is 8.61. The number of rotatable bonds is 0. The van der Waals surface area contributed by atoms with Crippen molar-refractivity contribution >= 4 is 18.1 Å². The summed E-state index contributed by atoms with van der Waals surface area (Å²) in [5.74, 6) is 0. The predicted octanol–water partition coefficient (Wildman–Crippen LogP) is 1.63. The van der Waals surface area contributed by atoms with Gasteiger partial charge in [0.1, 0.15) is 17.4 Å². The Morgan fingerprint density at radius 2 is 2.25 bits per heavy atom. The van der Waals surface area contributed by atoms with E-state index in [1.807, 2.05) is 24.4 Å². The number of halogens is 1. The van der Waals surface area contributed by atoms with Crippen molar-refractivity contribution in [2.75, 3.05) is 0 Å². The van der Waals surface area contributed by atoms with E-state index < -0.39 is 0 Å². The second kappa shape index (κ2) is 3.24. The highest BCUT2D eigenvalue weighted by Gasteiger charge is 1.97. The molecule has 2 rings (SSSR count). The maximum atomic E-state index is 8.61. The van der Waals surface area contributed by atoms with E-state index in [2.05, 4.69) is 11.1 Å². The van der Waals surface area contributed by atoms with Crippen molar-refractivity contribution in [3.63, 3.8) is 0 Å². The number of nitriles is 1. The average Bonchev–Trinajstić information content (AvgIpc) is 2.47. The second-order valence-electron chi connectivity index (χ2n) is 2.18. The molecule has 0 saturated carbocycles. The zero-order chi connectivity index (χ0) is 7.68. The van der Waals surface area contributed by atoms with E-state index in [0.717, 1.165) is 5.65 Å². The number of fused-ring (bicyclic) bond motifs is 1. The van der Waals surface area contributed by atoms with E-state index in [0.29, 0.717) is 5.69 Å². The van der Waals surface area contributed by atoms with Crippen molar-refractivity contribution in [2.24, 2.45) is 0 Å². The Kier molecular flexibility index (Phi) is 2.32. The third kappa shape index (κ3) is 1.13. The van der Waals surface area contributed by atoms with Crippen molar-refractivity contribution in [1.29, 1.82) is 5.26 Å². The normalized spacial score (nSPS) is 8.92. The number of imidazole rings is 1. The lowest BCUT2D eigenvalue weighted by atomic mass is 10.4. The molecule has 4 heteroatoms. The summed E-state index contributed by atoms with van der Waals surface area (Å²) in [7, 11) is 0. The summed E-state index contributed by atoms with van der Waals surface area (Å²) < 4.78 is 1.75. The van der Waals surface area contributed by atoms with Gasteiger partial charge in [-0.25, -0.2) is 4.98 Å². The van der Waals surface area contributed by atoms with Crippen molar-refractivity contribution in [1.82, 2.24) is 9.38 Å². The maximum Gasteiger partial charge on any atom is 0.144 e. The van der Waals surface area contributed by atoms with Gasteiger partial charge in [0.2, 0.25) is 0 Å². The predicted molar refractivity (Wildman–Crippen MR) is 47.2 cm³/mol. The summed E-state index contributed by atoms with van der Waals surface area (Å²) in [6.45, 7) is 0. The first-order chi connectivity index (χ1) is 5.42. The summed E-state index contributed by atoms with van der Waals surface area (Å²) in [5.41, 5.74) is 1.38. The molecule has 0 unspecified atom stereocenters. The topological polar surface area (TPSA) is 41.1 Å². The minimum atomic E-state index is 0. The lowest BCUT2D eigenvalue weighted by Gasteiger charge is -1.90. The lowest BCUT2D eigenvalue weighted by Crippen LogP contribution is -1.84. The number of pyridine rings is 1. The fraction of sp³-hybridized carbons (Fsp3) is 0. The second-order valence-corrected chi connectivity index (χ2v) is 2.18. The molecule has 0 aliphatic rings. The van der Waals surface area contributed by atoms with Crippen molar-refractivity contribution in [3.05, 3.63) is 36.3 Å². The summed E-state index contributed by atoms with van der Waals surface area (Å²) in [6.07, 6.45) is 3.39. The Morgan fingerprint density at radius 3 is 3.00 bits per heavy atom. The first-order valence-corrected chi connectivity index (χ1v) is 3.24. The van der Waals surface area contributed by atoms with Gasteiger partial charge < -0.3 is 0 Å². The van der Waals surface area contributed by atoms with E-state index in [1.165, 1.54) is 0 Å². The summed E-state index contributed by atoms with van der Waals surface area (Å²) in [6, 6.07) is 7.68. The smallest absolute Gasteiger partial charge is 0.144 e. The minimum Gasteiger partial charge on any atom is -0.291 e. The first-order valence-electron chi connectivity index (χ1n) is 3.24. The largest absolute Gasteiger partial charge is 0.291 e. The molecule has 60 valence electrons. The number of hydrogen-bond donors (Lipinski definition) is 0. The molecule has 0 aliphatic heterocycles. The molecule has 2 heterocycles. The van der Waals surface area contributed by atoms with E-state index >= 15 is 0 Å². The fourth-order valence-electron chi connectivity index (χ4n) is 1.02. The molecule has 0 radical (unpaired) electrons. The van der Waals surface area contributed by atoms with Gasteiger partial charge in [0.15, 0.2) is 0 Å². The van der Waals surface area contributed by atoms with Gasteiger partial charge in [-0.2, -0.15) is 5.26 Å². The zero-order valence-electron chi connectivity index (χ0n) is 6.14. The molecule has 2 aromatic rings. The lowest BCUT2D eigenvalue weighted by molar-refractivity contribution is 1.15. The third-order valence-electron chi connectivity index (χ3n) is 1.53. The summed E-state index contributed by atoms with van der Waals surface area (Å²) in [4.78, 5) is 4.03. The highest BCUT2D eigenvalue weighted by Crippen LogP contribution is 2.03. The van der Waals surface area contributed by atoms with Crippen LogP contribution >= 0.6 is 12.4 Å². The van der Waals surface area contributed by atoms with E-state index in [4.69, 9.17) is 5.26 Å². The van der Waals surface area contributed by atoms with E-state index in [9.17, 15) is 0 Å². The highest BCUT2D eigenvalue weighted by atomic mass is 35.5. The van der Waals surface area contributed by atoms with Crippen LogP contribution in [0.2, 0.25) is 0 Å². The van der Waals surface area contributed by atoms with Crippen LogP contribution in [0.15, 0.2) is 30.6 Å². The quantitative estimate of drug-likeness (QED) is 0.617. The Hall–Kier alpha value is -1.53. The molecule has 3 nitrogen and oxygen atoms in total. The van der Waals surface area contributed by atoms with Crippen LogP contribution in [0.25, 0.3) is 5.65 Å². The van der Waals surface area contributed by atoms with Crippen LogP contribution in [0.4, 0.5) is 0 Å². The standard InChI is InChI=1S/C8H5N3.ClH/c9-5-7-6-10-8-3-1-2-4-11(7)8;/h1-4,6H;1H. The van der Waals surface area contributed by atoms with Crippen LogP contribution in [0, 0.1) is 11.3 Å². The molecule has 0 amide bonds. The van der Waals surface area contributed by atoms with Gasteiger partial charge in [-0.05, 0) is 12.1 Å². The Morgan fingerprint density at radius 1 is 1.42 bits per heavy atom. The average molecular weight is 180 g/mol. The number of aromatic nitrogens is 2. The van der Waals surface area contributed by atoms with Crippen LogP contribution < -0.4 is 0 Å². The summed E-state index contributed by atoms with van der Waals surface area (Å²) >= 11 is 0. The van der Waals surface area contributed by atoms with Crippen LogP contribution in [0.5, 0.6) is 0 Å². The van der Waals surface area contributed by atoms with Gasteiger partial charge in [-0.1, -0.05) is 6.07 Å². The van der Waals surface area contributed by atoms with Crippen LogP contribution in [0.3, 0.4) is 0 Å². The zero-order valence-corrected chi connectivity index (χ0v) is 6.95. The van der Waals surface area contributed by atoms with Crippen molar-refractivity contribution in [3.8, 4) is 6.07 Å². The van der Waals surface area contributed by atoms with Gasteiger partial charge in [-0.3, -0.25) is 4.40 Å². The molecular weight excluding hydrogens is 174 g/mol. The Balaban J connectivity index is 0.000000720. The highest BCUT2D eigenvalue weighted by molar-refractivity contribution is 5.85. The third-order valence-corrected chi connectivity index (χ3v) is 1.53. The molecule has 0 N–H and O–H groups in total. The Labute approximate surface area is 75.7 Å². The molecule has 0 saturated heterocycles. The minimum absolute atomic E-state index is 0. The van der Waals surface area contributed by atoms with Crippen LogP contribution in [-0.4, -0.2) is 9.38 Å². The number of nitrogens with zero attached hydrogens (tertiary/aromatic N) is 3. The van der Waals surface area contributed by atoms with E-state index in [-0.39, 0.29) is 12.4 Å². The monoisotopic (exact) mass is 179 g/mol. The Bertz CT molecular complexity index is 427.